The molecule has 1 heterocycles. The summed E-state index contributed by atoms with van der Waals surface area (Å²) in [6, 6.07) is 8.09. The quantitative estimate of drug-likeness (QED) is 0.890. The van der Waals surface area contributed by atoms with Crippen LogP contribution in [0, 0.1) is 6.92 Å². The highest BCUT2D eigenvalue weighted by Crippen LogP contribution is 2.28. The lowest BCUT2D eigenvalue weighted by Gasteiger charge is -2.16. The predicted molar refractivity (Wildman–Crippen MR) is 76.5 cm³/mol. The lowest BCUT2D eigenvalue weighted by Crippen LogP contribution is -2.02. The number of anilines is 1. The van der Waals surface area contributed by atoms with E-state index in [-0.39, 0.29) is 0 Å². The Morgan fingerprint density at radius 2 is 1.89 bits per heavy atom. The fourth-order valence-electron chi connectivity index (χ4n) is 2.47. The van der Waals surface area contributed by atoms with E-state index in [0.29, 0.717) is 11.6 Å². The smallest absolute Gasteiger partial charge is 0.221 e. The molecule has 3 heteroatoms. The summed E-state index contributed by atoms with van der Waals surface area (Å²) in [6.45, 7) is 1.94. The van der Waals surface area contributed by atoms with Gasteiger partial charge in [-0.25, -0.2) is 4.98 Å². The number of rotatable bonds is 2. The maximum absolute atomic E-state index is 5.87. The first-order valence-electron chi connectivity index (χ1n) is 6.74. The van der Waals surface area contributed by atoms with Gasteiger partial charge >= 0.3 is 0 Å². The predicted octanol–water partition coefficient (Wildman–Crippen LogP) is 3.64. The van der Waals surface area contributed by atoms with Crippen LogP contribution in [0.4, 0.5) is 5.69 Å². The minimum Gasteiger partial charge on any atom is -0.439 e. The summed E-state index contributed by atoms with van der Waals surface area (Å²) in [7, 11) is 0. The van der Waals surface area contributed by atoms with Crippen LogP contribution >= 0.6 is 0 Å². The van der Waals surface area contributed by atoms with Crippen LogP contribution in [0.3, 0.4) is 0 Å². The number of benzene rings is 1. The molecule has 1 aliphatic rings. The molecule has 2 N–H and O–H groups in total. The first kappa shape index (κ1) is 12.0. The van der Waals surface area contributed by atoms with E-state index < -0.39 is 0 Å². The lowest BCUT2D eigenvalue weighted by atomic mass is 9.92. The van der Waals surface area contributed by atoms with Gasteiger partial charge in [0.15, 0.2) is 0 Å². The van der Waals surface area contributed by atoms with E-state index in [2.05, 4.69) is 17.1 Å². The van der Waals surface area contributed by atoms with E-state index in [4.69, 9.17) is 10.5 Å². The Labute approximate surface area is 113 Å². The van der Waals surface area contributed by atoms with E-state index in [1.807, 2.05) is 13.0 Å². The van der Waals surface area contributed by atoms with E-state index >= 15 is 0 Å². The van der Waals surface area contributed by atoms with E-state index in [1.54, 1.807) is 12.3 Å². The number of aromatic nitrogens is 1. The van der Waals surface area contributed by atoms with Gasteiger partial charge in [-0.3, -0.25) is 0 Å². The second-order valence-corrected chi connectivity index (χ2v) is 5.12. The average molecular weight is 254 g/mol. The maximum atomic E-state index is 5.87. The number of aryl methyl sites for hydroxylation is 3. The molecular weight excluding hydrogens is 236 g/mol. The molecule has 0 unspecified atom stereocenters. The van der Waals surface area contributed by atoms with Crippen molar-refractivity contribution < 1.29 is 4.74 Å². The molecule has 0 aliphatic heterocycles. The van der Waals surface area contributed by atoms with Crippen molar-refractivity contribution in [2.45, 2.75) is 32.6 Å². The topological polar surface area (TPSA) is 48.1 Å². The van der Waals surface area contributed by atoms with Gasteiger partial charge in [0.25, 0.3) is 0 Å². The van der Waals surface area contributed by atoms with Crippen molar-refractivity contribution in [1.82, 2.24) is 4.98 Å². The second kappa shape index (κ2) is 4.92. The summed E-state index contributed by atoms with van der Waals surface area (Å²) < 4.78 is 5.79. The molecule has 0 fully saturated rings. The van der Waals surface area contributed by atoms with Gasteiger partial charge in [0.1, 0.15) is 5.75 Å². The Balaban J connectivity index is 1.84. The van der Waals surface area contributed by atoms with Crippen LogP contribution in [0.5, 0.6) is 11.6 Å². The highest BCUT2D eigenvalue weighted by molar-refractivity contribution is 5.48. The number of hydrogen-bond acceptors (Lipinski definition) is 3. The van der Waals surface area contributed by atoms with Gasteiger partial charge in [-0.2, -0.15) is 0 Å². The summed E-state index contributed by atoms with van der Waals surface area (Å²) in [5.41, 5.74) is 10.4. The summed E-state index contributed by atoms with van der Waals surface area (Å²) in [6.07, 6.45) is 6.64. The summed E-state index contributed by atoms with van der Waals surface area (Å²) in [4.78, 5) is 4.24. The monoisotopic (exact) mass is 254 g/mol. The molecule has 0 bridgehead atoms. The Bertz CT molecular complexity index is 608. The Hall–Kier alpha value is -2.03. The zero-order valence-corrected chi connectivity index (χ0v) is 11.1. The normalized spacial score (nSPS) is 13.9. The summed E-state index contributed by atoms with van der Waals surface area (Å²) >= 11 is 0. The third-order valence-corrected chi connectivity index (χ3v) is 3.66. The molecule has 98 valence electrons. The molecule has 0 radical (unpaired) electrons. The molecule has 0 saturated carbocycles. The molecule has 2 aromatic rings. The van der Waals surface area contributed by atoms with Crippen LogP contribution in [-0.4, -0.2) is 4.98 Å². The van der Waals surface area contributed by atoms with Crippen molar-refractivity contribution in [3.05, 3.63) is 47.2 Å². The highest BCUT2D eigenvalue weighted by Gasteiger charge is 2.10. The summed E-state index contributed by atoms with van der Waals surface area (Å²) in [5.74, 6) is 1.40. The molecular formula is C16H18N2O. The Morgan fingerprint density at radius 3 is 2.68 bits per heavy atom. The number of pyridine rings is 1. The Kier molecular flexibility index (Phi) is 3.11. The van der Waals surface area contributed by atoms with Gasteiger partial charge in [-0.15, -0.1) is 0 Å². The van der Waals surface area contributed by atoms with Crippen LogP contribution < -0.4 is 10.5 Å². The van der Waals surface area contributed by atoms with E-state index in [0.717, 1.165) is 17.7 Å². The molecule has 3 nitrogen and oxygen atoms in total. The third-order valence-electron chi connectivity index (χ3n) is 3.66. The standard InChI is InChI=1S/C16H18N2O/c1-11-10-18-16(9-15(11)17)19-14-7-6-12-4-2-3-5-13(12)8-14/h6-10H,2-5H2,1H3,(H2,17,18). The SMILES string of the molecule is Cc1cnc(Oc2ccc3c(c2)CCCC3)cc1N. The van der Waals surface area contributed by atoms with E-state index in [9.17, 15) is 0 Å². The molecule has 3 rings (SSSR count). The molecule has 0 amide bonds. The first-order valence-corrected chi connectivity index (χ1v) is 6.74. The zero-order chi connectivity index (χ0) is 13.2. The molecule has 19 heavy (non-hydrogen) atoms. The Morgan fingerprint density at radius 1 is 1.11 bits per heavy atom. The minimum absolute atomic E-state index is 0.554. The van der Waals surface area contributed by atoms with Crippen molar-refractivity contribution in [1.29, 1.82) is 0 Å². The summed E-state index contributed by atoms with van der Waals surface area (Å²) in [5, 5.41) is 0. The highest BCUT2D eigenvalue weighted by atomic mass is 16.5. The number of hydrogen-bond donors (Lipinski definition) is 1. The van der Waals surface area contributed by atoms with Crippen LogP contribution in [0.15, 0.2) is 30.5 Å². The van der Waals surface area contributed by atoms with Gasteiger partial charge in [-0.1, -0.05) is 6.07 Å². The van der Waals surface area contributed by atoms with Gasteiger partial charge in [-0.05, 0) is 61.4 Å². The van der Waals surface area contributed by atoms with E-state index in [1.165, 1.54) is 30.4 Å². The third kappa shape index (κ3) is 2.55. The van der Waals surface area contributed by atoms with Crippen LogP contribution in [0.25, 0.3) is 0 Å². The minimum atomic E-state index is 0.554. The van der Waals surface area contributed by atoms with Crippen molar-refractivity contribution in [2.75, 3.05) is 5.73 Å². The number of fused-ring (bicyclic) bond motifs is 1. The van der Waals surface area contributed by atoms with Gasteiger partial charge in [0, 0.05) is 18.0 Å². The van der Waals surface area contributed by atoms with Crippen LogP contribution in [0.2, 0.25) is 0 Å². The molecule has 0 spiro atoms. The van der Waals surface area contributed by atoms with Crippen molar-refractivity contribution in [2.24, 2.45) is 0 Å². The van der Waals surface area contributed by atoms with Gasteiger partial charge in [0.05, 0.1) is 0 Å². The molecule has 1 aromatic carbocycles. The van der Waals surface area contributed by atoms with Gasteiger partial charge in [0.2, 0.25) is 5.88 Å². The zero-order valence-electron chi connectivity index (χ0n) is 11.1. The van der Waals surface area contributed by atoms with Gasteiger partial charge < -0.3 is 10.5 Å². The number of nitrogens with two attached hydrogens (primary N) is 1. The maximum Gasteiger partial charge on any atom is 0.221 e. The average Bonchev–Trinajstić information content (AvgIpc) is 2.43. The van der Waals surface area contributed by atoms with Crippen molar-refractivity contribution >= 4 is 5.69 Å². The first-order chi connectivity index (χ1) is 9.22. The van der Waals surface area contributed by atoms with Crippen LogP contribution in [-0.2, 0) is 12.8 Å². The molecule has 1 aromatic heterocycles. The fourth-order valence-corrected chi connectivity index (χ4v) is 2.47. The molecule has 0 saturated heterocycles. The van der Waals surface area contributed by atoms with Crippen LogP contribution in [0.1, 0.15) is 29.5 Å². The number of nitrogens with zero attached hydrogens (tertiary/aromatic N) is 1. The fraction of sp³-hybridized carbons (Fsp3) is 0.312. The van der Waals surface area contributed by atoms with Crippen molar-refractivity contribution in [3.63, 3.8) is 0 Å². The number of ether oxygens (including phenoxy) is 1. The lowest BCUT2D eigenvalue weighted by molar-refractivity contribution is 0.461. The molecule has 1 aliphatic carbocycles. The molecule has 0 atom stereocenters. The van der Waals surface area contributed by atoms with Crippen molar-refractivity contribution in [3.8, 4) is 11.6 Å². The largest absolute Gasteiger partial charge is 0.439 e. The second-order valence-electron chi connectivity index (χ2n) is 5.12. The number of nitrogen functional groups attached to an aromatic ring is 1.